The zero-order chi connectivity index (χ0) is 9.97. The average Bonchev–Trinajstić information content (AvgIpc) is 2.19. The van der Waals surface area contributed by atoms with E-state index in [1.165, 1.54) is 25.1 Å². The van der Waals surface area contributed by atoms with Gasteiger partial charge in [-0.2, -0.15) is 0 Å². The van der Waals surface area contributed by atoms with Crippen LogP contribution in [0.3, 0.4) is 0 Å². The van der Waals surface area contributed by atoms with E-state index in [-0.39, 0.29) is 5.82 Å². The molecule has 2 atom stereocenters. The van der Waals surface area contributed by atoms with Crippen LogP contribution < -0.4 is 5.32 Å². The number of nitrogens with zero attached hydrogens (tertiary/aromatic N) is 1. The molecule has 1 saturated carbocycles. The van der Waals surface area contributed by atoms with Crippen LogP contribution in [0.5, 0.6) is 0 Å². The Morgan fingerprint density at radius 2 is 2.36 bits per heavy atom. The van der Waals surface area contributed by atoms with Crippen molar-refractivity contribution in [2.75, 3.05) is 0 Å². The fourth-order valence-corrected chi connectivity index (χ4v) is 1.72. The minimum atomic E-state index is -0.272. The quantitative estimate of drug-likeness (QED) is 0.797. The van der Waals surface area contributed by atoms with E-state index in [0.717, 1.165) is 18.2 Å². The predicted octanol–water partition coefficient (Wildman–Crippen LogP) is 2.11. The first kappa shape index (κ1) is 9.59. The van der Waals surface area contributed by atoms with Gasteiger partial charge < -0.3 is 5.32 Å². The Balaban J connectivity index is 1.83. The number of nitrogens with one attached hydrogen (secondary N) is 1. The van der Waals surface area contributed by atoms with Gasteiger partial charge in [-0.05, 0) is 30.9 Å². The van der Waals surface area contributed by atoms with E-state index >= 15 is 0 Å². The standard InChI is InChI=1S/C11H15FN2/c1-8-2-5-11(8)14-7-10-4-3-9(12)6-13-10/h3-4,6,8,11,14H,2,5,7H2,1H3. The molecular weight excluding hydrogens is 179 g/mol. The first-order chi connectivity index (χ1) is 6.75. The molecule has 1 heterocycles. The summed E-state index contributed by atoms with van der Waals surface area (Å²) in [6, 6.07) is 3.81. The molecule has 14 heavy (non-hydrogen) atoms. The maximum absolute atomic E-state index is 12.5. The molecule has 2 nitrogen and oxygen atoms in total. The molecule has 0 saturated heterocycles. The Labute approximate surface area is 83.6 Å². The SMILES string of the molecule is CC1CCC1NCc1ccc(F)cn1. The van der Waals surface area contributed by atoms with Crippen LogP contribution in [-0.4, -0.2) is 11.0 Å². The van der Waals surface area contributed by atoms with E-state index in [1.807, 2.05) is 0 Å². The lowest BCUT2D eigenvalue weighted by Crippen LogP contribution is -2.42. The molecule has 1 aromatic heterocycles. The van der Waals surface area contributed by atoms with E-state index in [0.29, 0.717) is 6.04 Å². The molecule has 0 bridgehead atoms. The van der Waals surface area contributed by atoms with Gasteiger partial charge in [0.2, 0.25) is 0 Å². The molecule has 76 valence electrons. The van der Waals surface area contributed by atoms with Crippen molar-refractivity contribution in [3.05, 3.63) is 29.8 Å². The van der Waals surface area contributed by atoms with Gasteiger partial charge in [0.25, 0.3) is 0 Å². The lowest BCUT2D eigenvalue weighted by molar-refractivity contribution is 0.227. The number of aromatic nitrogens is 1. The highest BCUT2D eigenvalue weighted by Gasteiger charge is 2.25. The summed E-state index contributed by atoms with van der Waals surface area (Å²) in [7, 11) is 0. The zero-order valence-corrected chi connectivity index (χ0v) is 8.33. The van der Waals surface area contributed by atoms with Crippen LogP contribution in [0, 0.1) is 11.7 Å². The fourth-order valence-electron chi connectivity index (χ4n) is 1.72. The average molecular weight is 194 g/mol. The Morgan fingerprint density at radius 1 is 1.50 bits per heavy atom. The third-order valence-electron chi connectivity index (χ3n) is 2.95. The van der Waals surface area contributed by atoms with Gasteiger partial charge in [0.05, 0.1) is 11.9 Å². The van der Waals surface area contributed by atoms with Crippen LogP contribution in [0.1, 0.15) is 25.5 Å². The van der Waals surface area contributed by atoms with Gasteiger partial charge in [0, 0.05) is 12.6 Å². The van der Waals surface area contributed by atoms with Crippen molar-refractivity contribution >= 4 is 0 Å². The number of hydrogen-bond donors (Lipinski definition) is 1. The summed E-state index contributed by atoms with van der Waals surface area (Å²) in [5.74, 6) is 0.501. The molecule has 1 aliphatic rings. The first-order valence-electron chi connectivity index (χ1n) is 5.09. The maximum atomic E-state index is 12.5. The van der Waals surface area contributed by atoms with Crippen molar-refractivity contribution in [2.45, 2.75) is 32.4 Å². The molecule has 3 heteroatoms. The van der Waals surface area contributed by atoms with Crippen molar-refractivity contribution in [1.82, 2.24) is 10.3 Å². The highest BCUT2D eigenvalue weighted by molar-refractivity contribution is 5.05. The van der Waals surface area contributed by atoms with Gasteiger partial charge in [-0.15, -0.1) is 0 Å². The largest absolute Gasteiger partial charge is 0.308 e. The summed E-state index contributed by atoms with van der Waals surface area (Å²) >= 11 is 0. The van der Waals surface area contributed by atoms with Crippen molar-refractivity contribution in [3.8, 4) is 0 Å². The van der Waals surface area contributed by atoms with E-state index in [4.69, 9.17) is 0 Å². The predicted molar refractivity (Wildman–Crippen MR) is 53.2 cm³/mol. The van der Waals surface area contributed by atoms with Crippen molar-refractivity contribution in [3.63, 3.8) is 0 Å². The number of pyridine rings is 1. The Morgan fingerprint density at radius 3 is 2.86 bits per heavy atom. The molecule has 0 radical (unpaired) electrons. The van der Waals surface area contributed by atoms with Crippen LogP contribution in [0.25, 0.3) is 0 Å². The third-order valence-corrected chi connectivity index (χ3v) is 2.95. The molecule has 1 fully saturated rings. The second-order valence-electron chi connectivity index (χ2n) is 4.01. The lowest BCUT2D eigenvalue weighted by atomic mass is 9.81. The normalized spacial score (nSPS) is 25.9. The first-order valence-corrected chi connectivity index (χ1v) is 5.09. The summed E-state index contributed by atoms with van der Waals surface area (Å²) < 4.78 is 12.5. The van der Waals surface area contributed by atoms with Crippen molar-refractivity contribution in [1.29, 1.82) is 0 Å². The van der Waals surface area contributed by atoms with Gasteiger partial charge in [-0.3, -0.25) is 4.98 Å². The van der Waals surface area contributed by atoms with E-state index in [9.17, 15) is 4.39 Å². The molecule has 0 amide bonds. The molecule has 2 rings (SSSR count). The van der Waals surface area contributed by atoms with Crippen molar-refractivity contribution in [2.24, 2.45) is 5.92 Å². The van der Waals surface area contributed by atoms with Crippen LogP contribution in [-0.2, 0) is 6.54 Å². The highest BCUT2D eigenvalue weighted by atomic mass is 19.1. The van der Waals surface area contributed by atoms with Crippen LogP contribution in [0.4, 0.5) is 4.39 Å². The van der Waals surface area contributed by atoms with Gasteiger partial charge in [0.15, 0.2) is 0 Å². The van der Waals surface area contributed by atoms with Crippen LogP contribution >= 0.6 is 0 Å². The van der Waals surface area contributed by atoms with Crippen molar-refractivity contribution < 1.29 is 4.39 Å². The summed E-state index contributed by atoms with van der Waals surface area (Å²) in [5, 5.41) is 3.42. The van der Waals surface area contributed by atoms with E-state index in [2.05, 4.69) is 17.2 Å². The maximum Gasteiger partial charge on any atom is 0.141 e. The monoisotopic (exact) mass is 194 g/mol. The summed E-state index contributed by atoms with van der Waals surface area (Å²) in [5.41, 5.74) is 0.908. The molecule has 0 aromatic carbocycles. The molecule has 1 N–H and O–H groups in total. The zero-order valence-electron chi connectivity index (χ0n) is 8.33. The molecule has 0 aliphatic heterocycles. The Kier molecular flexibility index (Phi) is 2.77. The highest BCUT2D eigenvalue weighted by Crippen LogP contribution is 2.26. The third kappa shape index (κ3) is 2.10. The topological polar surface area (TPSA) is 24.9 Å². The Hall–Kier alpha value is -0.960. The number of rotatable bonds is 3. The van der Waals surface area contributed by atoms with E-state index < -0.39 is 0 Å². The molecular formula is C11H15FN2. The molecule has 1 aromatic rings. The Bertz CT molecular complexity index is 297. The van der Waals surface area contributed by atoms with Crippen LogP contribution in [0.15, 0.2) is 18.3 Å². The molecule has 2 unspecified atom stereocenters. The van der Waals surface area contributed by atoms with E-state index in [1.54, 1.807) is 6.07 Å². The number of halogens is 1. The fraction of sp³-hybridized carbons (Fsp3) is 0.545. The van der Waals surface area contributed by atoms with Gasteiger partial charge in [-0.25, -0.2) is 4.39 Å². The number of hydrogen-bond acceptors (Lipinski definition) is 2. The molecule has 0 spiro atoms. The summed E-state index contributed by atoms with van der Waals surface area (Å²) in [4.78, 5) is 4.00. The summed E-state index contributed by atoms with van der Waals surface area (Å²) in [6.07, 6.45) is 3.83. The lowest BCUT2D eigenvalue weighted by Gasteiger charge is -2.34. The summed E-state index contributed by atoms with van der Waals surface area (Å²) in [6.45, 7) is 2.99. The van der Waals surface area contributed by atoms with Gasteiger partial charge in [0.1, 0.15) is 5.82 Å². The molecule has 1 aliphatic carbocycles. The minimum Gasteiger partial charge on any atom is -0.308 e. The smallest absolute Gasteiger partial charge is 0.141 e. The second-order valence-corrected chi connectivity index (χ2v) is 4.01. The van der Waals surface area contributed by atoms with Crippen LogP contribution in [0.2, 0.25) is 0 Å². The minimum absolute atomic E-state index is 0.272. The van der Waals surface area contributed by atoms with Gasteiger partial charge >= 0.3 is 0 Å². The van der Waals surface area contributed by atoms with Gasteiger partial charge in [-0.1, -0.05) is 6.92 Å². The second kappa shape index (κ2) is 4.05.